The van der Waals surface area contributed by atoms with Crippen molar-refractivity contribution in [3.8, 4) is 0 Å². The van der Waals surface area contributed by atoms with E-state index in [4.69, 9.17) is 17.2 Å². The maximum absolute atomic E-state index is 11.8. The summed E-state index contributed by atoms with van der Waals surface area (Å²) in [6.45, 7) is 0.659. The summed E-state index contributed by atoms with van der Waals surface area (Å²) in [5, 5.41) is 3.00. The van der Waals surface area contributed by atoms with Crippen molar-refractivity contribution >= 4 is 5.91 Å². The van der Waals surface area contributed by atoms with Gasteiger partial charge in [-0.25, -0.2) is 0 Å². The van der Waals surface area contributed by atoms with Crippen LogP contribution in [0.1, 0.15) is 44.9 Å². The average molecular weight is 242 g/mol. The number of amides is 1. The van der Waals surface area contributed by atoms with Crippen LogP contribution in [0.25, 0.3) is 0 Å². The van der Waals surface area contributed by atoms with E-state index in [1.54, 1.807) is 0 Å². The summed E-state index contributed by atoms with van der Waals surface area (Å²) in [6.07, 6.45) is 6.60. The van der Waals surface area contributed by atoms with Crippen LogP contribution in [0.3, 0.4) is 0 Å². The fourth-order valence-corrected chi connectivity index (χ4v) is 2.31. The summed E-state index contributed by atoms with van der Waals surface area (Å²) in [6, 6.07) is 0.0361. The summed E-state index contributed by atoms with van der Waals surface area (Å²) >= 11 is 0. The van der Waals surface area contributed by atoms with Crippen molar-refractivity contribution in [2.24, 2.45) is 17.2 Å². The Kier molecular flexibility index (Phi) is 6.47. The van der Waals surface area contributed by atoms with Crippen LogP contribution in [0, 0.1) is 0 Å². The minimum Gasteiger partial charge on any atom is -0.352 e. The van der Waals surface area contributed by atoms with Crippen LogP contribution in [0.15, 0.2) is 0 Å². The Balaban J connectivity index is 2.22. The quantitative estimate of drug-likeness (QED) is 0.485. The molecule has 1 aliphatic carbocycles. The van der Waals surface area contributed by atoms with Crippen LogP contribution >= 0.6 is 0 Å². The predicted octanol–water partition coefficient (Wildman–Crippen LogP) is -0.171. The van der Waals surface area contributed by atoms with Crippen LogP contribution in [0.2, 0.25) is 0 Å². The van der Waals surface area contributed by atoms with E-state index in [0.717, 1.165) is 38.5 Å². The number of nitrogens with two attached hydrogens (primary N) is 3. The van der Waals surface area contributed by atoms with Gasteiger partial charge in [-0.3, -0.25) is 4.79 Å². The van der Waals surface area contributed by atoms with Crippen molar-refractivity contribution in [3.05, 3.63) is 0 Å². The van der Waals surface area contributed by atoms with Gasteiger partial charge in [0.25, 0.3) is 0 Å². The maximum Gasteiger partial charge on any atom is 0.237 e. The third kappa shape index (κ3) is 5.48. The van der Waals surface area contributed by atoms with Crippen molar-refractivity contribution in [2.45, 2.75) is 63.1 Å². The smallest absolute Gasteiger partial charge is 0.237 e. The van der Waals surface area contributed by atoms with Gasteiger partial charge >= 0.3 is 0 Å². The first-order chi connectivity index (χ1) is 8.13. The highest BCUT2D eigenvalue weighted by Crippen LogP contribution is 2.17. The molecule has 5 nitrogen and oxygen atoms in total. The highest BCUT2D eigenvalue weighted by molar-refractivity contribution is 5.81. The molecule has 3 atom stereocenters. The van der Waals surface area contributed by atoms with Crippen LogP contribution in [0.4, 0.5) is 0 Å². The molecule has 0 heterocycles. The Morgan fingerprint density at radius 3 is 2.76 bits per heavy atom. The first-order valence-corrected chi connectivity index (χ1v) is 6.65. The molecule has 0 saturated heterocycles. The largest absolute Gasteiger partial charge is 0.352 e. The number of carbonyl (C=O) groups is 1. The van der Waals surface area contributed by atoms with Gasteiger partial charge in [-0.2, -0.15) is 0 Å². The Labute approximate surface area is 103 Å². The lowest BCUT2D eigenvalue weighted by Gasteiger charge is -2.28. The summed E-state index contributed by atoms with van der Waals surface area (Å²) in [5.41, 5.74) is 17.1. The number of hydrogen-bond acceptors (Lipinski definition) is 4. The van der Waals surface area contributed by atoms with E-state index < -0.39 is 6.04 Å². The first-order valence-electron chi connectivity index (χ1n) is 6.65. The second kappa shape index (κ2) is 7.63. The fraction of sp³-hybridized carbons (Fsp3) is 0.917. The van der Waals surface area contributed by atoms with E-state index in [1.165, 1.54) is 0 Å². The molecule has 0 radical (unpaired) electrons. The molecule has 2 unspecified atom stereocenters. The number of unbranched alkanes of at least 4 members (excludes halogenated alkanes) is 1. The van der Waals surface area contributed by atoms with Gasteiger partial charge in [0, 0.05) is 12.1 Å². The minimum atomic E-state index is -0.403. The molecule has 0 bridgehead atoms. The summed E-state index contributed by atoms with van der Waals surface area (Å²) in [5.74, 6) is -0.0406. The highest BCUT2D eigenvalue weighted by atomic mass is 16.2. The molecule has 0 spiro atoms. The summed E-state index contributed by atoms with van der Waals surface area (Å²) < 4.78 is 0. The molecule has 1 amide bonds. The van der Waals surface area contributed by atoms with Gasteiger partial charge in [-0.1, -0.05) is 6.42 Å². The first kappa shape index (κ1) is 14.4. The monoisotopic (exact) mass is 242 g/mol. The van der Waals surface area contributed by atoms with Gasteiger partial charge in [-0.05, 0) is 45.1 Å². The summed E-state index contributed by atoms with van der Waals surface area (Å²) in [7, 11) is 0. The van der Waals surface area contributed by atoms with Gasteiger partial charge < -0.3 is 22.5 Å². The number of rotatable bonds is 6. The highest BCUT2D eigenvalue weighted by Gasteiger charge is 2.22. The van der Waals surface area contributed by atoms with Crippen LogP contribution in [-0.2, 0) is 4.79 Å². The van der Waals surface area contributed by atoms with Crippen molar-refractivity contribution in [1.82, 2.24) is 5.32 Å². The molecule has 1 aliphatic rings. The molecule has 17 heavy (non-hydrogen) atoms. The lowest BCUT2D eigenvalue weighted by molar-refractivity contribution is -0.123. The molecular weight excluding hydrogens is 216 g/mol. The van der Waals surface area contributed by atoms with Crippen molar-refractivity contribution in [2.75, 3.05) is 6.54 Å². The van der Waals surface area contributed by atoms with Crippen molar-refractivity contribution < 1.29 is 4.79 Å². The molecule has 0 aromatic carbocycles. The topological polar surface area (TPSA) is 107 Å². The van der Waals surface area contributed by atoms with Gasteiger partial charge in [0.05, 0.1) is 6.04 Å². The van der Waals surface area contributed by atoms with Crippen LogP contribution < -0.4 is 22.5 Å². The molecule has 1 fully saturated rings. The van der Waals surface area contributed by atoms with Gasteiger partial charge in [0.2, 0.25) is 5.91 Å². The predicted molar refractivity (Wildman–Crippen MR) is 69.3 cm³/mol. The van der Waals surface area contributed by atoms with Gasteiger partial charge in [0.1, 0.15) is 0 Å². The minimum absolute atomic E-state index is 0.0406. The zero-order valence-electron chi connectivity index (χ0n) is 10.5. The van der Waals surface area contributed by atoms with Gasteiger partial charge in [-0.15, -0.1) is 0 Å². The second-order valence-electron chi connectivity index (χ2n) is 5.02. The molecule has 0 aromatic rings. The average Bonchev–Trinajstić information content (AvgIpc) is 2.29. The Hall–Kier alpha value is -0.650. The second-order valence-corrected chi connectivity index (χ2v) is 5.02. The zero-order chi connectivity index (χ0) is 12.7. The molecule has 0 aromatic heterocycles. The SMILES string of the molecule is NCCCC[C@H](N)C(=O)NC1CCCC(N)C1. The van der Waals surface area contributed by atoms with Crippen LogP contribution in [-0.4, -0.2) is 30.6 Å². The molecule has 1 rings (SSSR count). The van der Waals surface area contributed by atoms with Gasteiger partial charge in [0.15, 0.2) is 0 Å². The number of nitrogens with one attached hydrogen (secondary N) is 1. The normalized spacial score (nSPS) is 26.5. The molecule has 7 N–H and O–H groups in total. The van der Waals surface area contributed by atoms with E-state index >= 15 is 0 Å². The van der Waals surface area contributed by atoms with E-state index in [9.17, 15) is 4.79 Å². The van der Waals surface area contributed by atoms with Crippen molar-refractivity contribution in [1.29, 1.82) is 0 Å². The van der Waals surface area contributed by atoms with E-state index in [-0.39, 0.29) is 18.0 Å². The van der Waals surface area contributed by atoms with E-state index in [1.807, 2.05) is 0 Å². The van der Waals surface area contributed by atoms with E-state index in [2.05, 4.69) is 5.32 Å². The van der Waals surface area contributed by atoms with Crippen molar-refractivity contribution in [3.63, 3.8) is 0 Å². The molecular formula is C12H26N4O. The third-order valence-electron chi connectivity index (χ3n) is 3.37. The lowest BCUT2D eigenvalue weighted by Crippen LogP contribution is -2.48. The summed E-state index contributed by atoms with van der Waals surface area (Å²) in [4.78, 5) is 11.8. The number of hydrogen-bond donors (Lipinski definition) is 4. The Bertz CT molecular complexity index is 235. The maximum atomic E-state index is 11.8. The van der Waals surface area contributed by atoms with E-state index in [0.29, 0.717) is 13.0 Å². The van der Waals surface area contributed by atoms with Crippen LogP contribution in [0.5, 0.6) is 0 Å². The molecule has 5 heteroatoms. The zero-order valence-corrected chi connectivity index (χ0v) is 10.5. The standard InChI is InChI=1S/C12H26N4O/c13-7-2-1-6-11(15)12(17)16-10-5-3-4-9(14)8-10/h9-11H,1-8,13-15H2,(H,16,17)/t9?,10?,11-/m0/s1. The molecule has 0 aliphatic heterocycles. The molecule has 1 saturated carbocycles. The Morgan fingerprint density at radius 1 is 1.35 bits per heavy atom. The molecule has 100 valence electrons. The Morgan fingerprint density at radius 2 is 2.12 bits per heavy atom. The lowest BCUT2D eigenvalue weighted by atomic mass is 9.91. The number of carbonyl (C=O) groups excluding carboxylic acids is 1. The fourth-order valence-electron chi connectivity index (χ4n) is 2.31. The third-order valence-corrected chi connectivity index (χ3v) is 3.37.